The fraction of sp³-hybridized carbons (Fsp3) is 0.571. The van der Waals surface area contributed by atoms with Crippen LogP contribution in [0.3, 0.4) is 0 Å². The van der Waals surface area contributed by atoms with Gasteiger partial charge in [-0.15, -0.1) is 0 Å². The summed E-state index contributed by atoms with van der Waals surface area (Å²) in [6.45, 7) is 6.56. The molecule has 0 radical (unpaired) electrons. The SMILES string of the molecule is CCNC(CCCOCC)c1ccc(F)cc1. The molecule has 1 unspecified atom stereocenters. The summed E-state index contributed by atoms with van der Waals surface area (Å²) in [7, 11) is 0. The molecule has 1 aromatic carbocycles. The molecule has 0 saturated heterocycles. The van der Waals surface area contributed by atoms with Crippen molar-refractivity contribution in [3.8, 4) is 0 Å². The molecule has 0 aliphatic carbocycles. The lowest BCUT2D eigenvalue weighted by atomic mass is 10.0. The van der Waals surface area contributed by atoms with Crippen LogP contribution in [-0.4, -0.2) is 19.8 Å². The Kier molecular flexibility index (Phi) is 6.82. The second kappa shape index (κ2) is 8.20. The summed E-state index contributed by atoms with van der Waals surface area (Å²) < 4.78 is 18.2. The van der Waals surface area contributed by atoms with Gasteiger partial charge in [0.25, 0.3) is 0 Å². The van der Waals surface area contributed by atoms with Crippen molar-refractivity contribution in [2.24, 2.45) is 0 Å². The van der Waals surface area contributed by atoms with Gasteiger partial charge in [-0.25, -0.2) is 4.39 Å². The van der Waals surface area contributed by atoms with Crippen LogP contribution in [0, 0.1) is 5.82 Å². The monoisotopic (exact) mass is 239 g/mol. The molecule has 3 heteroatoms. The molecule has 0 heterocycles. The van der Waals surface area contributed by atoms with Gasteiger partial charge in [-0.3, -0.25) is 0 Å². The lowest BCUT2D eigenvalue weighted by Gasteiger charge is -2.18. The standard InChI is InChI=1S/C14H22FNO/c1-3-16-14(6-5-11-17-4-2)12-7-9-13(15)10-8-12/h7-10,14,16H,3-6,11H2,1-2H3. The van der Waals surface area contributed by atoms with Crippen LogP contribution in [0.2, 0.25) is 0 Å². The molecule has 1 aromatic rings. The van der Waals surface area contributed by atoms with E-state index in [9.17, 15) is 4.39 Å². The first-order valence-electron chi connectivity index (χ1n) is 6.34. The average molecular weight is 239 g/mol. The molecule has 1 atom stereocenters. The van der Waals surface area contributed by atoms with Crippen molar-refractivity contribution in [1.29, 1.82) is 0 Å². The highest BCUT2D eigenvalue weighted by atomic mass is 19.1. The number of nitrogens with one attached hydrogen (secondary N) is 1. The molecule has 0 aliphatic heterocycles. The summed E-state index contributed by atoms with van der Waals surface area (Å²) in [6, 6.07) is 7.03. The maximum atomic E-state index is 12.8. The lowest BCUT2D eigenvalue weighted by molar-refractivity contribution is 0.141. The van der Waals surface area contributed by atoms with E-state index in [1.54, 1.807) is 0 Å². The summed E-state index contributed by atoms with van der Waals surface area (Å²) in [5.74, 6) is -0.182. The minimum absolute atomic E-state index is 0.182. The van der Waals surface area contributed by atoms with Gasteiger partial charge in [-0.1, -0.05) is 19.1 Å². The molecule has 0 amide bonds. The van der Waals surface area contributed by atoms with Gasteiger partial charge in [-0.2, -0.15) is 0 Å². The van der Waals surface area contributed by atoms with Gasteiger partial charge in [0.2, 0.25) is 0 Å². The Balaban J connectivity index is 2.49. The van der Waals surface area contributed by atoms with Crippen LogP contribution < -0.4 is 5.32 Å². The van der Waals surface area contributed by atoms with Gasteiger partial charge >= 0.3 is 0 Å². The quantitative estimate of drug-likeness (QED) is 0.703. The Morgan fingerprint density at radius 1 is 1.24 bits per heavy atom. The zero-order valence-electron chi connectivity index (χ0n) is 10.7. The van der Waals surface area contributed by atoms with Crippen molar-refractivity contribution < 1.29 is 9.13 Å². The number of benzene rings is 1. The molecule has 2 nitrogen and oxygen atoms in total. The summed E-state index contributed by atoms with van der Waals surface area (Å²) >= 11 is 0. The van der Waals surface area contributed by atoms with Crippen LogP contribution in [0.25, 0.3) is 0 Å². The van der Waals surface area contributed by atoms with E-state index >= 15 is 0 Å². The first-order valence-corrected chi connectivity index (χ1v) is 6.34. The van der Waals surface area contributed by atoms with Gasteiger partial charge in [0.15, 0.2) is 0 Å². The molecule has 0 aromatic heterocycles. The number of hydrogen-bond donors (Lipinski definition) is 1. The lowest BCUT2D eigenvalue weighted by Crippen LogP contribution is -2.21. The first kappa shape index (κ1) is 14.1. The topological polar surface area (TPSA) is 21.3 Å². The number of halogens is 1. The van der Waals surface area contributed by atoms with Crippen LogP contribution in [-0.2, 0) is 4.74 Å². The second-order valence-electron chi connectivity index (χ2n) is 4.00. The average Bonchev–Trinajstić information content (AvgIpc) is 2.34. The van der Waals surface area contributed by atoms with Crippen LogP contribution in [0.5, 0.6) is 0 Å². The van der Waals surface area contributed by atoms with Crippen molar-refractivity contribution in [3.05, 3.63) is 35.6 Å². The number of hydrogen-bond acceptors (Lipinski definition) is 2. The van der Waals surface area contributed by atoms with Crippen LogP contribution in [0.4, 0.5) is 4.39 Å². The minimum atomic E-state index is -0.182. The van der Waals surface area contributed by atoms with Gasteiger partial charge in [0.05, 0.1) is 0 Å². The normalized spacial score (nSPS) is 12.6. The fourth-order valence-electron chi connectivity index (χ4n) is 1.86. The molecule has 0 saturated carbocycles. The third kappa shape index (κ3) is 5.29. The van der Waals surface area contributed by atoms with E-state index in [0.29, 0.717) is 6.04 Å². The largest absolute Gasteiger partial charge is 0.382 e. The van der Waals surface area contributed by atoms with Crippen molar-refractivity contribution in [3.63, 3.8) is 0 Å². The summed E-state index contributed by atoms with van der Waals surface area (Å²) in [5, 5.41) is 3.42. The highest BCUT2D eigenvalue weighted by Gasteiger charge is 2.09. The smallest absolute Gasteiger partial charge is 0.123 e. The minimum Gasteiger partial charge on any atom is -0.382 e. The Morgan fingerprint density at radius 2 is 1.94 bits per heavy atom. The van der Waals surface area contributed by atoms with E-state index in [1.165, 1.54) is 12.1 Å². The number of rotatable bonds is 8. The molecule has 1 rings (SSSR count). The summed E-state index contributed by atoms with van der Waals surface area (Å²) in [5.41, 5.74) is 1.14. The maximum Gasteiger partial charge on any atom is 0.123 e. The number of ether oxygens (including phenoxy) is 1. The molecule has 1 N–H and O–H groups in total. The van der Waals surface area contributed by atoms with E-state index in [-0.39, 0.29) is 5.82 Å². The highest BCUT2D eigenvalue weighted by molar-refractivity contribution is 5.19. The van der Waals surface area contributed by atoms with Crippen molar-refractivity contribution in [2.45, 2.75) is 32.7 Å². The van der Waals surface area contributed by atoms with Gasteiger partial charge in [0, 0.05) is 19.3 Å². The molecular formula is C14H22FNO. The van der Waals surface area contributed by atoms with E-state index in [0.717, 1.165) is 38.2 Å². The first-order chi connectivity index (χ1) is 8.27. The molecule has 96 valence electrons. The predicted octanol–water partition coefficient (Wildman–Crippen LogP) is 3.29. The van der Waals surface area contributed by atoms with Crippen LogP contribution in [0.15, 0.2) is 24.3 Å². The summed E-state index contributed by atoms with van der Waals surface area (Å²) in [6.07, 6.45) is 2.03. The predicted molar refractivity (Wildman–Crippen MR) is 68.5 cm³/mol. The molecule has 0 bridgehead atoms. The molecular weight excluding hydrogens is 217 g/mol. The summed E-state index contributed by atoms with van der Waals surface area (Å²) in [4.78, 5) is 0. The van der Waals surface area contributed by atoms with Crippen LogP contribution >= 0.6 is 0 Å². The van der Waals surface area contributed by atoms with Crippen molar-refractivity contribution in [1.82, 2.24) is 5.32 Å². The van der Waals surface area contributed by atoms with Gasteiger partial charge in [-0.05, 0) is 44.0 Å². The second-order valence-corrected chi connectivity index (χ2v) is 4.00. The third-order valence-corrected chi connectivity index (χ3v) is 2.71. The Morgan fingerprint density at radius 3 is 2.53 bits per heavy atom. The molecule has 0 spiro atoms. The Hall–Kier alpha value is -0.930. The van der Waals surface area contributed by atoms with Crippen molar-refractivity contribution >= 4 is 0 Å². The zero-order chi connectivity index (χ0) is 12.5. The van der Waals surface area contributed by atoms with Crippen molar-refractivity contribution in [2.75, 3.05) is 19.8 Å². The maximum absolute atomic E-state index is 12.8. The molecule has 0 fully saturated rings. The fourth-order valence-corrected chi connectivity index (χ4v) is 1.86. The molecule has 17 heavy (non-hydrogen) atoms. The van der Waals surface area contributed by atoms with E-state index in [1.807, 2.05) is 19.1 Å². The third-order valence-electron chi connectivity index (χ3n) is 2.71. The van der Waals surface area contributed by atoms with Gasteiger partial charge < -0.3 is 10.1 Å². The highest BCUT2D eigenvalue weighted by Crippen LogP contribution is 2.18. The van der Waals surface area contributed by atoms with Gasteiger partial charge in [0.1, 0.15) is 5.82 Å². The zero-order valence-corrected chi connectivity index (χ0v) is 10.7. The van der Waals surface area contributed by atoms with E-state index < -0.39 is 0 Å². The Bertz CT molecular complexity index is 300. The van der Waals surface area contributed by atoms with E-state index in [2.05, 4.69) is 12.2 Å². The molecule has 0 aliphatic rings. The van der Waals surface area contributed by atoms with E-state index in [4.69, 9.17) is 4.74 Å². The Labute approximate surface area is 103 Å². The van der Waals surface area contributed by atoms with Crippen LogP contribution in [0.1, 0.15) is 38.3 Å².